The lowest BCUT2D eigenvalue weighted by atomic mass is 9.88. The number of anilines is 3. The van der Waals surface area contributed by atoms with E-state index in [-0.39, 0.29) is 5.78 Å². The first kappa shape index (κ1) is 21.6. The van der Waals surface area contributed by atoms with Gasteiger partial charge in [0.2, 0.25) is 0 Å². The Kier molecular flexibility index (Phi) is 5.71. The van der Waals surface area contributed by atoms with Crippen molar-refractivity contribution in [1.29, 1.82) is 0 Å². The zero-order chi connectivity index (χ0) is 23.7. The van der Waals surface area contributed by atoms with Crippen molar-refractivity contribution < 1.29 is 23.5 Å². The van der Waals surface area contributed by atoms with Crippen molar-refractivity contribution >= 4 is 28.9 Å². The van der Waals surface area contributed by atoms with Crippen LogP contribution in [-0.4, -0.2) is 26.0 Å². The molecule has 1 aromatic heterocycles. The number of amides is 2. The van der Waals surface area contributed by atoms with Crippen LogP contribution >= 0.6 is 0 Å². The van der Waals surface area contributed by atoms with Crippen LogP contribution in [0.1, 0.15) is 31.1 Å². The molecule has 0 fully saturated rings. The highest BCUT2D eigenvalue weighted by molar-refractivity contribution is 6.09. The molecule has 2 aliphatic rings. The molecular weight excluding hydrogens is 434 g/mol. The van der Waals surface area contributed by atoms with Crippen LogP contribution in [0.15, 0.2) is 76.5 Å². The lowest BCUT2D eigenvalue weighted by Gasteiger charge is -2.32. The summed E-state index contributed by atoms with van der Waals surface area (Å²) in [7, 11) is 3.10. The average molecular weight is 460 g/mol. The summed E-state index contributed by atoms with van der Waals surface area (Å²) in [4.78, 5) is 28.7. The Hall–Kier alpha value is -4.20. The predicted octanol–water partition coefficient (Wildman–Crippen LogP) is 5.51. The number of carbonyl (C=O) groups is 2. The summed E-state index contributed by atoms with van der Waals surface area (Å²) in [5, 5.41) is 6.38. The molecule has 3 aromatic rings. The molecule has 0 radical (unpaired) electrons. The van der Waals surface area contributed by atoms with Crippen LogP contribution in [0.5, 0.6) is 11.5 Å². The van der Waals surface area contributed by atoms with Crippen LogP contribution in [0.2, 0.25) is 0 Å². The molecule has 2 N–H and O–H groups in total. The third-order valence-corrected chi connectivity index (χ3v) is 6.07. The van der Waals surface area contributed by atoms with Crippen molar-refractivity contribution in [2.45, 2.75) is 25.3 Å². The van der Waals surface area contributed by atoms with Gasteiger partial charge in [0.25, 0.3) is 0 Å². The van der Waals surface area contributed by atoms with E-state index in [1.807, 2.05) is 24.3 Å². The molecule has 1 aliphatic carbocycles. The third kappa shape index (κ3) is 3.87. The molecule has 0 unspecified atom stereocenters. The maximum absolute atomic E-state index is 13.9. The summed E-state index contributed by atoms with van der Waals surface area (Å²) in [6.45, 7) is 0. The molecule has 2 amide bonds. The molecule has 0 saturated heterocycles. The number of ether oxygens (including phenoxy) is 2. The van der Waals surface area contributed by atoms with E-state index in [0.717, 1.165) is 24.2 Å². The predicted molar refractivity (Wildman–Crippen MR) is 128 cm³/mol. The third-order valence-electron chi connectivity index (χ3n) is 6.07. The molecule has 34 heavy (non-hydrogen) atoms. The average Bonchev–Trinajstić information content (AvgIpc) is 3.33. The van der Waals surface area contributed by atoms with Gasteiger partial charge in [0.15, 0.2) is 5.78 Å². The van der Waals surface area contributed by atoms with Gasteiger partial charge < -0.3 is 24.5 Å². The van der Waals surface area contributed by atoms with Crippen molar-refractivity contribution in [3.63, 3.8) is 0 Å². The van der Waals surface area contributed by atoms with Crippen LogP contribution in [-0.2, 0) is 4.79 Å². The zero-order valence-electron chi connectivity index (χ0n) is 19.0. The normalized spacial score (nSPS) is 17.3. The molecule has 0 bridgehead atoms. The Balaban J connectivity index is 1.64. The van der Waals surface area contributed by atoms with Crippen molar-refractivity contribution in [3.05, 3.63) is 77.9 Å². The highest BCUT2D eigenvalue weighted by Gasteiger charge is 2.41. The fraction of sp³-hybridized carbons (Fsp3) is 0.231. The summed E-state index contributed by atoms with van der Waals surface area (Å²) >= 11 is 0. The molecule has 174 valence electrons. The summed E-state index contributed by atoms with van der Waals surface area (Å²) < 4.78 is 16.5. The second kappa shape index (κ2) is 8.97. The Morgan fingerprint density at radius 2 is 1.82 bits per heavy atom. The van der Waals surface area contributed by atoms with E-state index >= 15 is 0 Å². The topological polar surface area (TPSA) is 93.0 Å². The van der Waals surface area contributed by atoms with E-state index in [0.29, 0.717) is 40.6 Å². The number of methoxy groups -OCH3 is 2. The molecule has 8 nitrogen and oxygen atoms in total. The van der Waals surface area contributed by atoms with Gasteiger partial charge in [-0.2, -0.15) is 0 Å². The fourth-order valence-electron chi connectivity index (χ4n) is 4.54. The molecule has 1 atom stereocenters. The maximum atomic E-state index is 13.9. The van der Waals surface area contributed by atoms with Crippen molar-refractivity contribution in [2.24, 2.45) is 0 Å². The first-order chi connectivity index (χ1) is 16.6. The number of para-hydroxylation sites is 2. The molecule has 0 saturated carbocycles. The summed E-state index contributed by atoms with van der Waals surface area (Å²) in [6.07, 6.45) is 3.45. The number of allylic oxidation sites excluding steroid dienone is 1. The largest absolute Gasteiger partial charge is 0.497 e. The quantitative estimate of drug-likeness (QED) is 0.535. The van der Waals surface area contributed by atoms with Gasteiger partial charge in [-0.25, -0.2) is 4.79 Å². The van der Waals surface area contributed by atoms with E-state index < -0.39 is 12.1 Å². The lowest BCUT2D eigenvalue weighted by molar-refractivity contribution is -0.116. The van der Waals surface area contributed by atoms with Crippen LogP contribution < -0.4 is 25.0 Å². The van der Waals surface area contributed by atoms with E-state index in [2.05, 4.69) is 10.6 Å². The summed E-state index contributed by atoms with van der Waals surface area (Å²) in [5.41, 5.74) is 3.26. The zero-order valence-corrected chi connectivity index (χ0v) is 19.0. The minimum atomic E-state index is -0.721. The number of hydrogen-bond donors (Lipinski definition) is 2. The van der Waals surface area contributed by atoms with Gasteiger partial charge in [-0.1, -0.05) is 12.1 Å². The first-order valence-electron chi connectivity index (χ1n) is 11.1. The smallest absolute Gasteiger partial charge is 0.327 e. The number of rotatable bonds is 4. The van der Waals surface area contributed by atoms with E-state index in [9.17, 15) is 9.59 Å². The summed E-state index contributed by atoms with van der Waals surface area (Å²) in [5.74, 6) is 1.61. The standard InChI is InChI=1S/C26H25N3O5/c1-32-17-13-16(14-18(15-17)33-2)27-26(31)29-21-9-4-3-7-19(21)28-20-8-5-10-22(30)24(20)25(29)23-11-6-12-34-23/h3-4,6-7,9,11-15,25,28H,5,8,10H2,1-2H3,(H,27,31)/t25-/m0/s1. The minimum absolute atomic E-state index is 0.00352. The SMILES string of the molecule is COc1cc(NC(=O)N2c3ccccc3NC3=C(C(=O)CCC3)[C@@H]2c2ccco2)cc(OC)c1. The highest BCUT2D eigenvalue weighted by Crippen LogP contribution is 2.45. The van der Waals surface area contributed by atoms with Crippen LogP contribution in [0, 0.1) is 0 Å². The number of urea groups is 1. The van der Waals surface area contributed by atoms with Crippen molar-refractivity contribution in [2.75, 3.05) is 29.8 Å². The summed E-state index contributed by atoms with van der Waals surface area (Å²) in [6, 6.07) is 15.1. The van der Waals surface area contributed by atoms with Crippen molar-refractivity contribution in [1.82, 2.24) is 0 Å². The molecular formula is C26H25N3O5. The van der Waals surface area contributed by atoms with Gasteiger partial charge in [-0.15, -0.1) is 0 Å². The number of ketones is 1. The number of benzene rings is 2. The van der Waals surface area contributed by atoms with Gasteiger partial charge in [0.1, 0.15) is 23.3 Å². The Labute approximate surface area is 197 Å². The van der Waals surface area contributed by atoms with E-state index in [1.54, 1.807) is 55.7 Å². The molecule has 5 rings (SSSR count). The molecule has 2 heterocycles. The van der Waals surface area contributed by atoms with Gasteiger partial charge in [-0.3, -0.25) is 9.69 Å². The Morgan fingerprint density at radius 3 is 2.53 bits per heavy atom. The number of nitrogens with zero attached hydrogens (tertiary/aromatic N) is 1. The first-order valence-corrected chi connectivity index (χ1v) is 11.1. The number of Topliss-reactive ketones (excluding diaryl/α,β-unsaturated/α-hetero) is 1. The van der Waals surface area contributed by atoms with E-state index in [4.69, 9.17) is 13.9 Å². The number of carbonyl (C=O) groups excluding carboxylic acids is 2. The maximum Gasteiger partial charge on any atom is 0.327 e. The molecule has 2 aromatic carbocycles. The van der Waals surface area contributed by atoms with Crippen LogP contribution in [0.25, 0.3) is 0 Å². The van der Waals surface area contributed by atoms with Gasteiger partial charge in [0, 0.05) is 41.6 Å². The number of nitrogens with one attached hydrogen (secondary N) is 2. The second-order valence-electron chi connectivity index (χ2n) is 8.13. The highest BCUT2D eigenvalue weighted by atomic mass is 16.5. The number of hydrogen-bond acceptors (Lipinski definition) is 6. The van der Waals surface area contributed by atoms with Gasteiger partial charge in [-0.05, 0) is 37.1 Å². The van der Waals surface area contributed by atoms with E-state index in [1.165, 1.54) is 0 Å². The van der Waals surface area contributed by atoms with Crippen LogP contribution in [0.4, 0.5) is 21.9 Å². The van der Waals surface area contributed by atoms with Crippen LogP contribution in [0.3, 0.4) is 0 Å². The minimum Gasteiger partial charge on any atom is -0.497 e. The Morgan fingerprint density at radius 1 is 1.06 bits per heavy atom. The number of furan rings is 1. The monoisotopic (exact) mass is 459 g/mol. The molecule has 1 aliphatic heterocycles. The van der Waals surface area contributed by atoms with Gasteiger partial charge in [0.05, 0.1) is 31.9 Å². The molecule has 8 heteroatoms. The van der Waals surface area contributed by atoms with Crippen molar-refractivity contribution in [3.8, 4) is 11.5 Å². The lowest BCUT2D eigenvalue weighted by Crippen LogP contribution is -2.40. The second-order valence-corrected chi connectivity index (χ2v) is 8.13. The number of fused-ring (bicyclic) bond motifs is 1. The van der Waals surface area contributed by atoms with Gasteiger partial charge >= 0.3 is 6.03 Å². The fourth-order valence-corrected chi connectivity index (χ4v) is 4.54. The molecule has 0 spiro atoms. The Bertz CT molecular complexity index is 1240.